The SMILES string of the molecule is COc1ccc(Cl)cc1C(=O)N1CCN(S(=O)(=O)c2cccc(F)c2)CC1. The van der Waals surface area contributed by atoms with Gasteiger partial charge in [0.2, 0.25) is 10.0 Å². The van der Waals surface area contributed by atoms with Crippen LogP contribution in [0.4, 0.5) is 4.39 Å². The maximum absolute atomic E-state index is 13.4. The van der Waals surface area contributed by atoms with Crippen LogP contribution in [0.2, 0.25) is 5.02 Å². The van der Waals surface area contributed by atoms with Crippen LogP contribution in [0.1, 0.15) is 10.4 Å². The molecule has 0 radical (unpaired) electrons. The average molecular weight is 413 g/mol. The molecule has 0 unspecified atom stereocenters. The lowest BCUT2D eigenvalue weighted by atomic mass is 10.1. The molecule has 0 bridgehead atoms. The summed E-state index contributed by atoms with van der Waals surface area (Å²) in [6.45, 7) is 0.660. The molecule has 0 saturated carbocycles. The Labute approximate surface area is 162 Å². The van der Waals surface area contributed by atoms with Gasteiger partial charge in [-0.2, -0.15) is 4.31 Å². The first-order valence-corrected chi connectivity index (χ1v) is 10.0. The monoisotopic (exact) mass is 412 g/mol. The fourth-order valence-electron chi connectivity index (χ4n) is 2.93. The number of nitrogens with zero attached hydrogens (tertiary/aromatic N) is 2. The van der Waals surface area contributed by atoms with E-state index in [9.17, 15) is 17.6 Å². The number of benzene rings is 2. The van der Waals surface area contributed by atoms with E-state index in [1.807, 2.05) is 0 Å². The molecule has 9 heteroatoms. The van der Waals surface area contributed by atoms with E-state index in [1.54, 1.807) is 17.0 Å². The van der Waals surface area contributed by atoms with Crippen LogP contribution in [-0.4, -0.2) is 56.8 Å². The van der Waals surface area contributed by atoms with Gasteiger partial charge in [0, 0.05) is 31.2 Å². The molecule has 0 spiro atoms. The number of amides is 1. The highest BCUT2D eigenvalue weighted by molar-refractivity contribution is 7.89. The van der Waals surface area contributed by atoms with Crippen molar-refractivity contribution in [2.45, 2.75) is 4.90 Å². The Morgan fingerprint density at radius 1 is 1.11 bits per heavy atom. The van der Waals surface area contributed by atoms with Gasteiger partial charge in [0.15, 0.2) is 0 Å². The van der Waals surface area contributed by atoms with Gasteiger partial charge in [-0.1, -0.05) is 17.7 Å². The van der Waals surface area contributed by atoms with Crippen molar-refractivity contribution in [1.29, 1.82) is 0 Å². The van der Waals surface area contributed by atoms with E-state index in [0.29, 0.717) is 16.3 Å². The topological polar surface area (TPSA) is 66.9 Å². The number of sulfonamides is 1. The highest BCUT2D eigenvalue weighted by atomic mass is 35.5. The Morgan fingerprint density at radius 3 is 2.44 bits per heavy atom. The minimum atomic E-state index is -3.81. The molecule has 144 valence electrons. The predicted octanol–water partition coefficient (Wildman–Crippen LogP) is 2.63. The van der Waals surface area contributed by atoms with Gasteiger partial charge in [-0.05, 0) is 36.4 Å². The molecule has 1 saturated heterocycles. The van der Waals surface area contributed by atoms with Gasteiger partial charge in [-0.15, -0.1) is 0 Å². The molecule has 2 aromatic carbocycles. The van der Waals surface area contributed by atoms with E-state index in [4.69, 9.17) is 16.3 Å². The van der Waals surface area contributed by atoms with Crippen LogP contribution < -0.4 is 4.74 Å². The fraction of sp³-hybridized carbons (Fsp3) is 0.278. The van der Waals surface area contributed by atoms with E-state index >= 15 is 0 Å². The number of methoxy groups -OCH3 is 1. The molecule has 1 aliphatic rings. The Kier molecular flexibility index (Phi) is 5.69. The summed E-state index contributed by atoms with van der Waals surface area (Å²) < 4.78 is 45.1. The van der Waals surface area contributed by atoms with Crippen LogP contribution in [0.5, 0.6) is 5.75 Å². The number of piperazine rings is 1. The number of carbonyl (C=O) groups excluding carboxylic acids is 1. The number of ether oxygens (including phenoxy) is 1. The van der Waals surface area contributed by atoms with Crippen LogP contribution in [0, 0.1) is 5.82 Å². The zero-order valence-electron chi connectivity index (χ0n) is 14.6. The van der Waals surface area contributed by atoms with E-state index in [1.165, 1.54) is 35.7 Å². The summed E-state index contributed by atoms with van der Waals surface area (Å²) in [4.78, 5) is 14.2. The van der Waals surface area contributed by atoms with Gasteiger partial charge in [0.05, 0.1) is 17.6 Å². The number of rotatable bonds is 4. The highest BCUT2D eigenvalue weighted by Gasteiger charge is 2.31. The highest BCUT2D eigenvalue weighted by Crippen LogP contribution is 2.25. The molecular weight excluding hydrogens is 395 g/mol. The normalized spacial score (nSPS) is 15.6. The van der Waals surface area contributed by atoms with Gasteiger partial charge in [0.25, 0.3) is 5.91 Å². The second kappa shape index (κ2) is 7.84. The quantitative estimate of drug-likeness (QED) is 0.774. The number of carbonyl (C=O) groups is 1. The van der Waals surface area contributed by atoms with Crippen LogP contribution in [0.25, 0.3) is 0 Å². The third kappa shape index (κ3) is 4.07. The van der Waals surface area contributed by atoms with Gasteiger partial charge < -0.3 is 9.64 Å². The second-order valence-corrected chi connectivity index (χ2v) is 8.37. The lowest BCUT2D eigenvalue weighted by molar-refractivity contribution is 0.0694. The van der Waals surface area contributed by atoms with Crippen LogP contribution in [0.3, 0.4) is 0 Å². The maximum atomic E-state index is 13.4. The van der Waals surface area contributed by atoms with Crippen molar-refractivity contribution >= 4 is 27.5 Å². The lowest BCUT2D eigenvalue weighted by Gasteiger charge is -2.34. The fourth-order valence-corrected chi connectivity index (χ4v) is 4.55. The largest absolute Gasteiger partial charge is 0.496 e. The molecule has 0 N–H and O–H groups in total. The maximum Gasteiger partial charge on any atom is 0.257 e. The van der Waals surface area contributed by atoms with Crippen LogP contribution in [0.15, 0.2) is 47.4 Å². The standard InChI is InChI=1S/C18H18ClFN2O4S/c1-26-17-6-5-13(19)11-16(17)18(23)21-7-9-22(10-8-21)27(24,25)15-4-2-3-14(20)12-15/h2-6,11-12H,7-10H2,1H3. The molecule has 0 aromatic heterocycles. The summed E-state index contributed by atoms with van der Waals surface area (Å²) >= 11 is 5.98. The lowest BCUT2D eigenvalue weighted by Crippen LogP contribution is -2.50. The Morgan fingerprint density at radius 2 is 1.81 bits per heavy atom. The number of hydrogen-bond acceptors (Lipinski definition) is 4. The van der Waals surface area contributed by atoms with Crippen molar-refractivity contribution in [2.75, 3.05) is 33.3 Å². The summed E-state index contributed by atoms with van der Waals surface area (Å²) in [6, 6.07) is 9.65. The van der Waals surface area contributed by atoms with Crippen molar-refractivity contribution < 1.29 is 22.3 Å². The van der Waals surface area contributed by atoms with Crippen molar-refractivity contribution in [3.8, 4) is 5.75 Å². The molecule has 1 fully saturated rings. The third-order valence-electron chi connectivity index (χ3n) is 4.35. The number of halogens is 2. The molecule has 0 aliphatic carbocycles. The molecule has 1 aliphatic heterocycles. The summed E-state index contributed by atoms with van der Waals surface area (Å²) in [7, 11) is -2.35. The van der Waals surface area contributed by atoms with E-state index in [-0.39, 0.29) is 37.0 Å². The molecular formula is C18H18ClFN2O4S. The van der Waals surface area contributed by atoms with Crippen molar-refractivity contribution in [3.63, 3.8) is 0 Å². The molecule has 1 heterocycles. The molecule has 0 atom stereocenters. The first kappa shape index (κ1) is 19.6. The summed E-state index contributed by atoms with van der Waals surface area (Å²) in [5, 5.41) is 0.409. The van der Waals surface area contributed by atoms with E-state index in [2.05, 4.69) is 0 Å². The Balaban J connectivity index is 1.74. The molecule has 2 aromatic rings. The average Bonchev–Trinajstić information content (AvgIpc) is 2.67. The zero-order valence-corrected chi connectivity index (χ0v) is 16.1. The first-order valence-electron chi connectivity index (χ1n) is 8.21. The van der Waals surface area contributed by atoms with Crippen molar-refractivity contribution in [2.24, 2.45) is 0 Å². The van der Waals surface area contributed by atoms with E-state index in [0.717, 1.165) is 6.07 Å². The summed E-state index contributed by atoms with van der Waals surface area (Å²) in [6.07, 6.45) is 0. The van der Waals surface area contributed by atoms with Crippen LogP contribution in [-0.2, 0) is 10.0 Å². The second-order valence-electron chi connectivity index (χ2n) is 6.00. The van der Waals surface area contributed by atoms with Gasteiger partial charge in [0.1, 0.15) is 11.6 Å². The number of hydrogen-bond donors (Lipinski definition) is 0. The minimum absolute atomic E-state index is 0.0983. The summed E-state index contributed by atoms with van der Waals surface area (Å²) in [5.74, 6) is -0.491. The van der Waals surface area contributed by atoms with E-state index < -0.39 is 15.8 Å². The van der Waals surface area contributed by atoms with Gasteiger partial charge in [-0.25, -0.2) is 12.8 Å². The molecule has 6 nitrogen and oxygen atoms in total. The predicted molar refractivity (Wildman–Crippen MR) is 99.1 cm³/mol. The Bertz CT molecular complexity index is 960. The zero-order chi connectivity index (χ0) is 19.6. The van der Waals surface area contributed by atoms with Crippen molar-refractivity contribution in [1.82, 2.24) is 9.21 Å². The molecule has 1 amide bonds. The van der Waals surface area contributed by atoms with Crippen LogP contribution >= 0.6 is 11.6 Å². The Hall–Kier alpha value is -2.16. The summed E-state index contributed by atoms with van der Waals surface area (Å²) in [5.41, 5.74) is 0.325. The smallest absolute Gasteiger partial charge is 0.257 e. The minimum Gasteiger partial charge on any atom is -0.496 e. The third-order valence-corrected chi connectivity index (χ3v) is 6.48. The first-order chi connectivity index (χ1) is 12.8. The van der Waals surface area contributed by atoms with Gasteiger partial charge in [-0.3, -0.25) is 4.79 Å². The molecule has 27 heavy (non-hydrogen) atoms. The van der Waals surface area contributed by atoms with Gasteiger partial charge >= 0.3 is 0 Å². The van der Waals surface area contributed by atoms with Crippen molar-refractivity contribution in [3.05, 3.63) is 58.9 Å². The molecule has 3 rings (SSSR count).